The van der Waals surface area contributed by atoms with Gasteiger partial charge in [0, 0.05) is 42.8 Å². The number of carbonyl (C=O) groups is 1. The van der Waals surface area contributed by atoms with E-state index in [9.17, 15) is 4.79 Å². The maximum Gasteiger partial charge on any atom is 0.242 e. The summed E-state index contributed by atoms with van der Waals surface area (Å²) in [5.74, 6) is 1.57. The number of ether oxygens (including phenoxy) is 1. The van der Waals surface area contributed by atoms with Crippen LogP contribution in [0.25, 0.3) is 10.9 Å². The molecule has 5 nitrogen and oxygen atoms in total. The molecule has 0 radical (unpaired) electrons. The molecule has 2 aromatic heterocycles. The Bertz CT molecular complexity index is 926. The summed E-state index contributed by atoms with van der Waals surface area (Å²) in [7, 11) is 0. The molecule has 5 heteroatoms. The van der Waals surface area contributed by atoms with Gasteiger partial charge in [-0.15, -0.1) is 0 Å². The van der Waals surface area contributed by atoms with E-state index in [-0.39, 0.29) is 5.91 Å². The number of likely N-dealkylation sites (tertiary alicyclic amines) is 1. The summed E-state index contributed by atoms with van der Waals surface area (Å²) in [6.07, 6.45) is 5.75. The predicted octanol–water partition coefficient (Wildman–Crippen LogP) is 3.66. The normalized spacial score (nSPS) is 15.2. The van der Waals surface area contributed by atoms with Crippen LogP contribution in [-0.2, 0) is 11.3 Å². The highest BCUT2D eigenvalue weighted by molar-refractivity contribution is 5.83. The number of carbonyl (C=O) groups excluding carboxylic acids is 1. The smallest absolute Gasteiger partial charge is 0.242 e. The van der Waals surface area contributed by atoms with Crippen molar-refractivity contribution in [3.05, 3.63) is 60.6 Å². The number of nitrogens with zero attached hydrogens (tertiary/aromatic N) is 3. The van der Waals surface area contributed by atoms with Crippen molar-refractivity contribution in [3.63, 3.8) is 0 Å². The molecule has 140 valence electrons. The first-order chi connectivity index (χ1) is 13.2. The third-order valence-corrected chi connectivity index (χ3v) is 5.31. The van der Waals surface area contributed by atoms with Crippen LogP contribution >= 0.6 is 0 Å². The Hall–Kier alpha value is -2.82. The maximum atomic E-state index is 12.7. The average Bonchev–Trinajstić information content (AvgIpc) is 3.10. The van der Waals surface area contributed by atoms with E-state index < -0.39 is 0 Å². The number of amides is 1. The highest BCUT2D eigenvalue weighted by Crippen LogP contribution is 2.21. The Kier molecular flexibility index (Phi) is 5.10. The van der Waals surface area contributed by atoms with E-state index in [1.807, 2.05) is 46.9 Å². The molecule has 1 fully saturated rings. The van der Waals surface area contributed by atoms with Gasteiger partial charge in [0.15, 0.2) is 0 Å². The molecule has 0 unspecified atom stereocenters. The van der Waals surface area contributed by atoms with Crippen molar-refractivity contribution in [1.82, 2.24) is 14.5 Å². The van der Waals surface area contributed by atoms with E-state index in [0.717, 1.165) is 42.9 Å². The number of aromatic nitrogens is 2. The molecule has 27 heavy (non-hydrogen) atoms. The van der Waals surface area contributed by atoms with Crippen LogP contribution in [0.3, 0.4) is 0 Å². The molecule has 0 aliphatic carbocycles. The second-order valence-corrected chi connectivity index (χ2v) is 7.27. The lowest BCUT2D eigenvalue weighted by Crippen LogP contribution is -2.41. The maximum absolute atomic E-state index is 12.7. The van der Waals surface area contributed by atoms with E-state index in [1.165, 1.54) is 5.39 Å². The fourth-order valence-electron chi connectivity index (χ4n) is 3.70. The van der Waals surface area contributed by atoms with Crippen molar-refractivity contribution in [3.8, 4) is 5.75 Å². The molecule has 0 N–H and O–H groups in total. The number of hydrogen-bond donors (Lipinski definition) is 0. The van der Waals surface area contributed by atoms with Crippen LogP contribution in [0.5, 0.6) is 5.75 Å². The third-order valence-electron chi connectivity index (χ3n) is 5.31. The molecule has 1 aliphatic rings. The van der Waals surface area contributed by atoms with Crippen LogP contribution < -0.4 is 4.74 Å². The number of para-hydroxylation sites is 1. The lowest BCUT2D eigenvalue weighted by atomic mass is 9.98. The van der Waals surface area contributed by atoms with Gasteiger partial charge in [0.1, 0.15) is 12.3 Å². The van der Waals surface area contributed by atoms with Gasteiger partial charge < -0.3 is 14.2 Å². The molecule has 0 atom stereocenters. The van der Waals surface area contributed by atoms with Gasteiger partial charge in [-0.3, -0.25) is 9.78 Å². The molecule has 3 heterocycles. The zero-order valence-corrected chi connectivity index (χ0v) is 15.7. The second kappa shape index (κ2) is 7.82. The van der Waals surface area contributed by atoms with Crippen molar-refractivity contribution in [2.75, 3.05) is 19.7 Å². The number of pyridine rings is 1. The predicted molar refractivity (Wildman–Crippen MR) is 106 cm³/mol. The van der Waals surface area contributed by atoms with Crippen LogP contribution in [0.4, 0.5) is 0 Å². The molecule has 0 saturated carbocycles. The van der Waals surface area contributed by atoms with Gasteiger partial charge in [0.05, 0.1) is 6.61 Å². The lowest BCUT2D eigenvalue weighted by molar-refractivity contribution is -0.133. The summed E-state index contributed by atoms with van der Waals surface area (Å²) < 4.78 is 7.95. The Morgan fingerprint density at radius 1 is 1.19 bits per heavy atom. The molecule has 1 aliphatic heterocycles. The van der Waals surface area contributed by atoms with Gasteiger partial charge in [0.25, 0.3) is 0 Å². The van der Waals surface area contributed by atoms with E-state index in [0.29, 0.717) is 19.1 Å². The fourth-order valence-corrected chi connectivity index (χ4v) is 3.70. The zero-order chi connectivity index (χ0) is 18.6. The Labute approximate surface area is 159 Å². The molecule has 0 spiro atoms. The first-order valence-electron chi connectivity index (χ1n) is 9.56. The first kappa shape index (κ1) is 17.6. The van der Waals surface area contributed by atoms with Gasteiger partial charge in [0.2, 0.25) is 5.91 Å². The van der Waals surface area contributed by atoms with Crippen molar-refractivity contribution in [1.29, 1.82) is 0 Å². The zero-order valence-electron chi connectivity index (χ0n) is 15.7. The minimum Gasteiger partial charge on any atom is -0.493 e. The summed E-state index contributed by atoms with van der Waals surface area (Å²) in [6, 6.07) is 14.1. The van der Waals surface area contributed by atoms with E-state index in [2.05, 4.69) is 23.2 Å². The van der Waals surface area contributed by atoms with E-state index >= 15 is 0 Å². The topological polar surface area (TPSA) is 47.4 Å². The summed E-state index contributed by atoms with van der Waals surface area (Å²) in [5, 5.41) is 1.17. The minimum atomic E-state index is 0.195. The number of benzene rings is 1. The molecule has 0 bridgehead atoms. The van der Waals surface area contributed by atoms with Crippen molar-refractivity contribution >= 4 is 16.8 Å². The largest absolute Gasteiger partial charge is 0.493 e. The third kappa shape index (κ3) is 4.13. The SMILES string of the molecule is Cc1cc(OCC2CCN(C(=O)Cn3ccc4ccccc43)CC2)ccn1. The molecule has 1 aromatic carbocycles. The van der Waals surface area contributed by atoms with Gasteiger partial charge in [-0.25, -0.2) is 0 Å². The quantitative estimate of drug-likeness (QED) is 0.695. The van der Waals surface area contributed by atoms with Gasteiger partial charge >= 0.3 is 0 Å². The molecule has 4 rings (SSSR count). The Morgan fingerprint density at radius 2 is 2.00 bits per heavy atom. The van der Waals surface area contributed by atoms with Gasteiger partial charge in [-0.05, 0) is 49.3 Å². The monoisotopic (exact) mass is 363 g/mol. The fraction of sp³-hybridized carbons (Fsp3) is 0.364. The number of piperidine rings is 1. The highest BCUT2D eigenvalue weighted by Gasteiger charge is 2.23. The Morgan fingerprint density at radius 3 is 2.81 bits per heavy atom. The van der Waals surface area contributed by atoms with Crippen molar-refractivity contribution in [2.45, 2.75) is 26.3 Å². The summed E-state index contributed by atoms with van der Waals surface area (Å²) >= 11 is 0. The molecule has 3 aromatic rings. The minimum absolute atomic E-state index is 0.195. The van der Waals surface area contributed by atoms with Crippen LogP contribution in [0.2, 0.25) is 0 Å². The summed E-state index contributed by atoms with van der Waals surface area (Å²) in [6.45, 7) is 4.69. The number of aryl methyl sites for hydroxylation is 1. The molecular weight excluding hydrogens is 338 g/mol. The molecule has 1 saturated heterocycles. The Balaban J connectivity index is 1.28. The van der Waals surface area contributed by atoms with E-state index in [1.54, 1.807) is 6.20 Å². The van der Waals surface area contributed by atoms with Crippen LogP contribution in [0.15, 0.2) is 54.9 Å². The summed E-state index contributed by atoms with van der Waals surface area (Å²) in [4.78, 5) is 18.9. The van der Waals surface area contributed by atoms with Crippen LogP contribution in [0.1, 0.15) is 18.5 Å². The lowest BCUT2D eigenvalue weighted by Gasteiger charge is -2.32. The van der Waals surface area contributed by atoms with E-state index in [4.69, 9.17) is 4.74 Å². The average molecular weight is 363 g/mol. The number of fused-ring (bicyclic) bond motifs is 1. The molecular formula is C22H25N3O2. The van der Waals surface area contributed by atoms with Crippen molar-refractivity contribution in [2.24, 2.45) is 5.92 Å². The highest BCUT2D eigenvalue weighted by atomic mass is 16.5. The second-order valence-electron chi connectivity index (χ2n) is 7.27. The van der Waals surface area contributed by atoms with Crippen LogP contribution in [0, 0.1) is 12.8 Å². The van der Waals surface area contributed by atoms with Crippen molar-refractivity contribution < 1.29 is 9.53 Å². The van der Waals surface area contributed by atoms with Gasteiger partial charge in [-0.2, -0.15) is 0 Å². The van der Waals surface area contributed by atoms with Crippen LogP contribution in [-0.4, -0.2) is 40.1 Å². The summed E-state index contributed by atoms with van der Waals surface area (Å²) in [5.41, 5.74) is 2.08. The number of hydrogen-bond acceptors (Lipinski definition) is 3. The number of rotatable bonds is 5. The molecule has 1 amide bonds. The van der Waals surface area contributed by atoms with Gasteiger partial charge in [-0.1, -0.05) is 18.2 Å². The first-order valence-corrected chi connectivity index (χ1v) is 9.56. The standard InChI is InChI=1S/C22H25N3O2/c1-17-14-20(6-10-23-17)27-16-18-7-11-24(12-8-18)22(26)15-25-13-9-19-4-2-3-5-21(19)25/h2-6,9-10,13-14,18H,7-8,11-12,15-16H2,1H3.